The molecular weight excluding hydrogens is 424 g/mol. The first-order valence-corrected chi connectivity index (χ1v) is 11.3. The summed E-state index contributed by atoms with van der Waals surface area (Å²) in [6.45, 7) is 5.80. The van der Waals surface area contributed by atoms with Crippen LogP contribution in [0.25, 0.3) is 12.2 Å². The number of rotatable bonds is 1. The van der Waals surface area contributed by atoms with E-state index >= 15 is 0 Å². The Morgan fingerprint density at radius 1 is 0.882 bits per heavy atom. The fourth-order valence-electron chi connectivity index (χ4n) is 4.98. The molecule has 0 aliphatic carbocycles. The van der Waals surface area contributed by atoms with Gasteiger partial charge in [0.2, 0.25) is 0 Å². The van der Waals surface area contributed by atoms with Gasteiger partial charge >= 0.3 is 0 Å². The largest absolute Gasteiger partial charge is 0.373 e. The predicted octanol–water partition coefficient (Wildman–Crippen LogP) is 2.02. The summed E-state index contributed by atoms with van der Waals surface area (Å²) < 4.78 is 0. The second kappa shape index (κ2) is 6.93. The van der Waals surface area contributed by atoms with Crippen molar-refractivity contribution in [2.75, 3.05) is 0 Å². The minimum absolute atomic E-state index is 0.0786. The van der Waals surface area contributed by atoms with Crippen molar-refractivity contribution in [1.82, 2.24) is 20.3 Å². The molecule has 2 N–H and O–H groups in total. The molecule has 0 amide bonds. The number of nitrogens with zero attached hydrogens (tertiary/aromatic N) is 4. The maximum atomic E-state index is 13.7. The number of Topliss-reactive ketones (excluding diaryl/α,β-unsaturated/α-hetero) is 1. The van der Waals surface area contributed by atoms with Gasteiger partial charge in [0.05, 0.1) is 22.5 Å². The Morgan fingerprint density at radius 2 is 1.62 bits per heavy atom. The van der Waals surface area contributed by atoms with Crippen LogP contribution in [-0.2, 0) is 10.3 Å². The van der Waals surface area contributed by atoms with Crippen LogP contribution < -0.4 is 16.0 Å². The Bertz CT molecular complexity index is 1530. The van der Waals surface area contributed by atoms with E-state index in [9.17, 15) is 4.79 Å². The number of ketones is 1. The van der Waals surface area contributed by atoms with E-state index in [0.29, 0.717) is 0 Å². The van der Waals surface area contributed by atoms with Crippen LogP contribution in [0.1, 0.15) is 26.3 Å². The van der Waals surface area contributed by atoms with Gasteiger partial charge in [-0.15, -0.1) is 0 Å². The first-order chi connectivity index (χ1) is 16.3. The van der Waals surface area contributed by atoms with E-state index in [0.717, 1.165) is 39.1 Å². The van der Waals surface area contributed by atoms with Crippen LogP contribution in [0.5, 0.6) is 0 Å². The molecular formula is C27H24N6O. The van der Waals surface area contributed by atoms with Crippen LogP contribution in [-0.4, -0.2) is 37.7 Å². The van der Waals surface area contributed by atoms with E-state index in [4.69, 9.17) is 9.98 Å². The molecule has 0 radical (unpaired) electrons. The van der Waals surface area contributed by atoms with Crippen molar-refractivity contribution in [2.24, 2.45) is 15.4 Å². The summed E-state index contributed by atoms with van der Waals surface area (Å²) in [6, 6.07) is 4.03. The van der Waals surface area contributed by atoms with E-state index in [2.05, 4.69) is 20.3 Å². The van der Waals surface area contributed by atoms with Gasteiger partial charge in [0.25, 0.3) is 0 Å². The average molecular weight is 449 g/mol. The van der Waals surface area contributed by atoms with Gasteiger partial charge in [-0.05, 0) is 81.5 Å². The quantitative estimate of drug-likeness (QED) is 0.698. The molecule has 6 heterocycles. The number of H-pyrrole nitrogens is 1. The number of nitrogens with one attached hydrogen (secondary N) is 2. The number of carbonyl (C=O) groups excluding carboxylic acids is 1. The Labute approximate surface area is 196 Å². The lowest BCUT2D eigenvalue weighted by Crippen LogP contribution is -2.41. The third kappa shape index (κ3) is 3.15. The Hall–Kier alpha value is -4.13. The predicted molar refractivity (Wildman–Crippen MR) is 132 cm³/mol. The lowest BCUT2D eigenvalue weighted by atomic mass is 9.79. The van der Waals surface area contributed by atoms with E-state index < -0.39 is 16.5 Å². The number of allylic oxidation sites excluding steroid dienone is 4. The molecule has 1 fully saturated rings. The second-order valence-electron chi connectivity index (χ2n) is 9.76. The Kier molecular flexibility index (Phi) is 4.18. The molecule has 0 saturated carbocycles. The van der Waals surface area contributed by atoms with Gasteiger partial charge in [-0.25, -0.2) is 15.0 Å². The molecule has 4 aliphatic rings. The van der Waals surface area contributed by atoms with Crippen molar-refractivity contribution in [1.29, 1.82) is 0 Å². The fourth-order valence-corrected chi connectivity index (χ4v) is 4.98. The smallest absolute Gasteiger partial charge is 0.173 e. The number of carbonyl (C=O) groups is 1. The highest BCUT2D eigenvalue weighted by Crippen LogP contribution is 2.43. The lowest BCUT2D eigenvalue weighted by Gasteiger charge is -2.25. The maximum Gasteiger partial charge on any atom is 0.173 e. The van der Waals surface area contributed by atoms with Gasteiger partial charge in [0.1, 0.15) is 17.4 Å². The number of fused-ring (bicyclic) bond motifs is 6. The van der Waals surface area contributed by atoms with Crippen LogP contribution in [0.4, 0.5) is 0 Å². The van der Waals surface area contributed by atoms with Gasteiger partial charge in [0.15, 0.2) is 5.78 Å². The molecule has 2 aromatic rings. The molecule has 2 aromatic heterocycles. The number of hydrogen-bond acceptors (Lipinski definition) is 6. The third-order valence-corrected chi connectivity index (χ3v) is 6.77. The maximum absolute atomic E-state index is 13.7. The molecule has 2 atom stereocenters. The summed E-state index contributed by atoms with van der Waals surface area (Å²) in [7, 11) is 0. The first-order valence-electron chi connectivity index (χ1n) is 11.3. The number of aromatic amines is 1. The molecule has 0 aromatic carbocycles. The molecule has 34 heavy (non-hydrogen) atoms. The van der Waals surface area contributed by atoms with Crippen LogP contribution in [0, 0.1) is 5.41 Å². The van der Waals surface area contributed by atoms with E-state index in [1.165, 1.54) is 6.33 Å². The van der Waals surface area contributed by atoms with Gasteiger partial charge in [-0.3, -0.25) is 9.79 Å². The highest BCUT2D eigenvalue weighted by Gasteiger charge is 2.52. The minimum atomic E-state index is -0.903. The van der Waals surface area contributed by atoms with Crippen LogP contribution in [0.3, 0.4) is 0 Å². The molecule has 2 unspecified atom stereocenters. The van der Waals surface area contributed by atoms with Crippen molar-refractivity contribution in [3.05, 3.63) is 95.0 Å². The average Bonchev–Trinajstić information content (AvgIpc) is 3.57. The summed E-state index contributed by atoms with van der Waals surface area (Å²) in [5.74, 6) is 0.0786. The summed E-state index contributed by atoms with van der Waals surface area (Å²) in [4.78, 5) is 35.3. The summed E-state index contributed by atoms with van der Waals surface area (Å²) in [5, 5.41) is 5.39. The number of aliphatic imine (C=N–C) groups is 2. The molecule has 1 saturated heterocycles. The highest BCUT2D eigenvalue weighted by atomic mass is 16.1. The van der Waals surface area contributed by atoms with Crippen LogP contribution in [0.2, 0.25) is 0 Å². The van der Waals surface area contributed by atoms with Gasteiger partial charge in [0, 0.05) is 34.4 Å². The monoisotopic (exact) mass is 448 g/mol. The van der Waals surface area contributed by atoms with Crippen LogP contribution >= 0.6 is 0 Å². The molecule has 8 bridgehead atoms. The molecule has 4 aliphatic heterocycles. The van der Waals surface area contributed by atoms with Crippen molar-refractivity contribution in [3.63, 3.8) is 0 Å². The summed E-state index contributed by atoms with van der Waals surface area (Å²) in [5.41, 5.74) is 1.55. The molecule has 7 heteroatoms. The van der Waals surface area contributed by atoms with Crippen molar-refractivity contribution >= 4 is 29.4 Å². The highest BCUT2D eigenvalue weighted by molar-refractivity contribution is 6.20. The molecule has 0 spiro atoms. The van der Waals surface area contributed by atoms with E-state index in [1.54, 1.807) is 12.4 Å². The third-order valence-electron chi connectivity index (χ3n) is 6.77. The van der Waals surface area contributed by atoms with E-state index in [-0.39, 0.29) is 5.78 Å². The fraction of sp³-hybridized carbons (Fsp3) is 0.222. The number of hydrogen-bond donors (Lipinski definition) is 2. The first kappa shape index (κ1) is 20.5. The standard InChI is InChI=1S/C27H24N6O/c1-25(2)23-13-27(17-14-28-16-29-15-17)9-8-21(32-27)11-20-5-4-18(30-20)10-19-6-7-22(31-19)12-26(3,33-23)24(25)34/h4-16,30,33H,1-3H3. The zero-order valence-corrected chi connectivity index (χ0v) is 19.2. The molecule has 7 nitrogen and oxygen atoms in total. The zero-order valence-electron chi connectivity index (χ0n) is 19.2. The van der Waals surface area contributed by atoms with Gasteiger partial charge in [-0.2, -0.15) is 0 Å². The van der Waals surface area contributed by atoms with Crippen molar-refractivity contribution < 1.29 is 4.79 Å². The normalized spacial score (nSPS) is 28.4. The topological polar surface area (TPSA) is 95.4 Å². The second-order valence-corrected chi connectivity index (χ2v) is 9.76. The van der Waals surface area contributed by atoms with Gasteiger partial charge < -0.3 is 10.3 Å². The summed E-state index contributed by atoms with van der Waals surface area (Å²) >= 11 is 0. The van der Waals surface area contributed by atoms with Crippen LogP contribution in [0.15, 0.2) is 88.7 Å². The SMILES string of the molecule is CC12C=C3C=CC(=N3)C=c3ccc([nH]3)=CC3=NC(c4cncnc4)(C=C3)C=C(N1)C(C)(C)C2=O. The molecule has 6 rings (SSSR count). The van der Waals surface area contributed by atoms with Crippen molar-refractivity contribution in [3.8, 4) is 0 Å². The minimum Gasteiger partial charge on any atom is -0.373 e. The number of aromatic nitrogens is 3. The molecule has 168 valence electrons. The Morgan fingerprint density at radius 3 is 2.38 bits per heavy atom. The lowest BCUT2D eigenvalue weighted by molar-refractivity contribution is -0.126. The van der Waals surface area contributed by atoms with Gasteiger partial charge in [-0.1, -0.05) is 0 Å². The Balaban J connectivity index is 1.63. The summed E-state index contributed by atoms with van der Waals surface area (Å²) in [6.07, 6.45) is 20.9. The van der Waals surface area contributed by atoms with E-state index in [1.807, 2.05) is 81.5 Å². The zero-order chi connectivity index (χ0) is 23.6. The van der Waals surface area contributed by atoms with Crippen molar-refractivity contribution in [2.45, 2.75) is 31.8 Å².